The summed E-state index contributed by atoms with van der Waals surface area (Å²) in [4.78, 5) is 7.78. The lowest BCUT2D eigenvalue weighted by Crippen LogP contribution is -2.36. The number of nitrogens with zero attached hydrogens (tertiary/aromatic N) is 2. The van der Waals surface area contributed by atoms with E-state index in [1.807, 2.05) is 6.20 Å². The molecule has 2 N–H and O–H groups in total. The Hall–Kier alpha value is -0.650. The molecule has 0 aromatic carbocycles. The van der Waals surface area contributed by atoms with E-state index in [4.69, 9.17) is 10.5 Å². The van der Waals surface area contributed by atoms with Crippen LogP contribution in [0.1, 0.15) is 24.6 Å². The molecule has 0 aliphatic carbocycles. The zero-order valence-corrected chi connectivity index (χ0v) is 10.5. The molecule has 0 atom stereocenters. The normalized spacial score (nSPS) is 19.1. The molecule has 1 aromatic heterocycles. The number of hydrogen-bond donors (Lipinski definition) is 1. The standard InChI is InChI=1S/C11H19N3OS/c1-2-15-9-3-5-14(6-4-9)8-10-7-13-11(12)16-10/h7,9H,2-6,8H2,1H3,(H2,12,13). The minimum atomic E-state index is 0.466. The molecule has 5 heteroatoms. The van der Waals surface area contributed by atoms with Crippen molar-refractivity contribution in [2.75, 3.05) is 25.4 Å². The lowest BCUT2D eigenvalue weighted by molar-refractivity contribution is 0.0127. The van der Waals surface area contributed by atoms with Gasteiger partial charge in [0.25, 0.3) is 0 Å². The number of thiazole rings is 1. The number of anilines is 1. The lowest BCUT2D eigenvalue weighted by Gasteiger charge is -2.31. The van der Waals surface area contributed by atoms with Crippen molar-refractivity contribution in [2.24, 2.45) is 0 Å². The molecule has 90 valence electrons. The van der Waals surface area contributed by atoms with Crippen molar-refractivity contribution < 1.29 is 4.74 Å². The van der Waals surface area contributed by atoms with Gasteiger partial charge in [0.2, 0.25) is 0 Å². The Morgan fingerprint density at radius 1 is 1.56 bits per heavy atom. The molecule has 1 aliphatic heterocycles. The largest absolute Gasteiger partial charge is 0.378 e. The smallest absolute Gasteiger partial charge is 0.180 e. The molecule has 2 heterocycles. The Bertz CT molecular complexity index is 321. The van der Waals surface area contributed by atoms with Gasteiger partial charge in [0.1, 0.15) is 0 Å². The number of piperidine rings is 1. The van der Waals surface area contributed by atoms with Crippen LogP contribution in [0, 0.1) is 0 Å². The second kappa shape index (κ2) is 5.61. The summed E-state index contributed by atoms with van der Waals surface area (Å²) in [6.45, 7) is 6.10. The highest BCUT2D eigenvalue weighted by molar-refractivity contribution is 7.15. The first kappa shape index (κ1) is 11.8. The van der Waals surface area contributed by atoms with Gasteiger partial charge in [-0.3, -0.25) is 4.90 Å². The lowest BCUT2D eigenvalue weighted by atomic mass is 10.1. The van der Waals surface area contributed by atoms with E-state index in [2.05, 4.69) is 16.8 Å². The molecule has 2 rings (SSSR count). The predicted molar refractivity (Wildman–Crippen MR) is 66.5 cm³/mol. The summed E-state index contributed by atoms with van der Waals surface area (Å²) < 4.78 is 5.63. The molecule has 0 saturated carbocycles. The number of nitrogens with two attached hydrogens (primary N) is 1. The van der Waals surface area contributed by atoms with E-state index in [-0.39, 0.29) is 0 Å². The van der Waals surface area contributed by atoms with Crippen LogP contribution >= 0.6 is 11.3 Å². The van der Waals surface area contributed by atoms with E-state index in [1.54, 1.807) is 11.3 Å². The molecule has 0 unspecified atom stereocenters. The summed E-state index contributed by atoms with van der Waals surface area (Å²) >= 11 is 1.59. The summed E-state index contributed by atoms with van der Waals surface area (Å²) in [7, 11) is 0. The maximum atomic E-state index is 5.63. The van der Waals surface area contributed by atoms with Crippen LogP contribution in [0.3, 0.4) is 0 Å². The fraction of sp³-hybridized carbons (Fsp3) is 0.727. The van der Waals surface area contributed by atoms with E-state index in [0.29, 0.717) is 11.2 Å². The highest BCUT2D eigenvalue weighted by Gasteiger charge is 2.19. The van der Waals surface area contributed by atoms with E-state index in [9.17, 15) is 0 Å². The van der Waals surface area contributed by atoms with Crippen molar-refractivity contribution in [3.8, 4) is 0 Å². The molecule has 1 saturated heterocycles. The number of ether oxygens (including phenoxy) is 1. The summed E-state index contributed by atoms with van der Waals surface area (Å²) in [5.74, 6) is 0. The van der Waals surface area contributed by atoms with Crippen LogP contribution < -0.4 is 5.73 Å². The third kappa shape index (κ3) is 3.17. The van der Waals surface area contributed by atoms with Gasteiger partial charge in [0.15, 0.2) is 5.13 Å². The first-order chi connectivity index (χ1) is 7.78. The molecule has 0 spiro atoms. The van der Waals surface area contributed by atoms with Gasteiger partial charge in [0, 0.05) is 37.3 Å². The fourth-order valence-electron chi connectivity index (χ4n) is 2.09. The maximum Gasteiger partial charge on any atom is 0.180 e. The van der Waals surface area contributed by atoms with Crippen LogP contribution in [0.5, 0.6) is 0 Å². The average molecular weight is 241 g/mol. The van der Waals surface area contributed by atoms with E-state index in [1.165, 1.54) is 4.88 Å². The molecule has 1 aliphatic rings. The SMILES string of the molecule is CCOC1CCN(Cc2cnc(N)s2)CC1. The minimum absolute atomic E-state index is 0.466. The number of aromatic nitrogens is 1. The topological polar surface area (TPSA) is 51.4 Å². The van der Waals surface area contributed by atoms with Crippen molar-refractivity contribution >= 4 is 16.5 Å². The van der Waals surface area contributed by atoms with Crippen molar-refractivity contribution in [3.05, 3.63) is 11.1 Å². The van der Waals surface area contributed by atoms with Gasteiger partial charge in [-0.1, -0.05) is 0 Å². The van der Waals surface area contributed by atoms with Gasteiger partial charge in [-0.25, -0.2) is 4.98 Å². The fourth-order valence-corrected chi connectivity index (χ4v) is 2.81. The van der Waals surface area contributed by atoms with E-state index in [0.717, 1.165) is 39.1 Å². The predicted octanol–water partition coefficient (Wildman–Crippen LogP) is 1.73. The van der Waals surface area contributed by atoms with Gasteiger partial charge >= 0.3 is 0 Å². The monoisotopic (exact) mass is 241 g/mol. The first-order valence-electron chi connectivity index (χ1n) is 5.82. The first-order valence-corrected chi connectivity index (χ1v) is 6.63. The van der Waals surface area contributed by atoms with Crippen LogP contribution in [0.25, 0.3) is 0 Å². The molecule has 1 aromatic rings. The molecule has 0 amide bonds. The third-order valence-electron chi connectivity index (χ3n) is 2.89. The molecule has 1 fully saturated rings. The summed E-state index contributed by atoms with van der Waals surface area (Å²) in [5, 5.41) is 0.666. The van der Waals surface area contributed by atoms with E-state index >= 15 is 0 Å². The van der Waals surface area contributed by atoms with Gasteiger partial charge < -0.3 is 10.5 Å². The Morgan fingerprint density at radius 2 is 2.31 bits per heavy atom. The Kier molecular flexibility index (Phi) is 4.15. The second-order valence-electron chi connectivity index (χ2n) is 4.10. The van der Waals surface area contributed by atoms with Gasteiger partial charge in [0.05, 0.1) is 6.10 Å². The zero-order chi connectivity index (χ0) is 11.4. The Balaban J connectivity index is 1.77. The minimum Gasteiger partial charge on any atom is -0.378 e. The van der Waals surface area contributed by atoms with Crippen LogP contribution in [-0.4, -0.2) is 35.7 Å². The number of hydrogen-bond acceptors (Lipinski definition) is 5. The number of likely N-dealkylation sites (tertiary alicyclic amines) is 1. The van der Waals surface area contributed by atoms with Crippen LogP contribution in [0.15, 0.2) is 6.20 Å². The molecule has 0 bridgehead atoms. The summed E-state index contributed by atoms with van der Waals surface area (Å²) in [6.07, 6.45) is 4.63. The van der Waals surface area contributed by atoms with Crippen molar-refractivity contribution in [1.29, 1.82) is 0 Å². The number of nitrogen functional groups attached to an aromatic ring is 1. The molecule has 4 nitrogen and oxygen atoms in total. The van der Waals surface area contributed by atoms with Gasteiger partial charge in [-0.2, -0.15) is 0 Å². The number of rotatable bonds is 4. The summed E-state index contributed by atoms with van der Waals surface area (Å²) in [5.41, 5.74) is 5.61. The Morgan fingerprint density at radius 3 is 2.88 bits per heavy atom. The molecular formula is C11H19N3OS. The van der Waals surface area contributed by atoms with Crippen molar-refractivity contribution in [2.45, 2.75) is 32.4 Å². The molecular weight excluding hydrogens is 222 g/mol. The highest BCUT2D eigenvalue weighted by atomic mass is 32.1. The highest BCUT2D eigenvalue weighted by Crippen LogP contribution is 2.20. The van der Waals surface area contributed by atoms with Gasteiger partial charge in [-0.05, 0) is 19.8 Å². The van der Waals surface area contributed by atoms with Gasteiger partial charge in [-0.15, -0.1) is 11.3 Å². The van der Waals surface area contributed by atoms with E-state index < -0.39 is 0 Å². The van der Waals surface area contributed by atoms with Crippen LogP contribution in [-0.2, 0) is 11.3 Å². The average Bonchev–Trinajstić information content (AvgIpc) is 2.67. The maximum absolute atomic E-state index is 5.63. The molecule has 0 radical (unpaired) electrons. The molecule has 16 heavy (non-hydrogen) atoms. The van der Waals surface area contributed by atoms with Crippen molar-refractivity contribution in [3.63, 3.8) is 0 Å². The Labute approximate surface area is 100 Å². The zero-order valence-electron chi connectivity index (χ0n) is 9.69. The summed E-state index contributed by atoms with van der Waals surface area (Å²) in [6, 6.07) is 0. The quantitative estimate of drug-likeness (QED) is 0.872. The van der Waals surface area contributed by atoms with Crippen molar-refractivity contribution in [1.82, 2.24) is 9.88 Å². The third-order valence-corrected chi connectivity index (χ3v) is 3.70. The van der Waals surface area contributed by atoms with Crippen LogP contribution in [0.2, 0.25) is 0 Å². The second-order valence-corrected chi connectivity index (χ2v) is 5.24. The van der Waals surface area contributed by atoms with Crippen LogP contribution in [0.4, 0.5) is 5.13 Å².